The number of halogens is 1. The van der Waals surface area contributed by atoms with Crippen LogP contribution in [0.1, 0.15) is 29.9 Å². The van der Waals surface area contributed by atoms with Gasteiger partial charge in [-0.1, -0.05) is 29.8 Å². The van der Waals surface area contributed by atoms with Gasteiger partial charge < -0.3 is 16.8 Å². The normalized spacial score (nSPS) is 11.8. The van der Waals surface area contributed by atoms with Gasteiger partial charge >= 0.3 is 0 Å². The molecule has 0 amide bonds. The van der Waals surface area contributed by atoms with Gasteiger partial charge in [-0.2, -0.15) is 15.2 Å². The third kappa shape index (κ3) is 3.68. The van der Waals surface area contributed by atoms with E-state index in [-0.39, 0.29) is 28.7 Å². The zero-order valence-corrected chi connectivity index (χ0v) is 18.1. The van der Waals surface area contributed by atoms with Crippen LogP contribution >= 0.6 is 11.6 Å². The van der Waals surface area contributed by atoms with Gasteiger partial charge in [0.15, 0.2) is 5.82 Å². The first-order chi connectivity index (χ1) is 15.3. The van der Waals surface area contributed by atoms with Crippen LogP contribution < -0.4 is 22.3 Å². The molecular weight excluding hydrogens is 428 g/mol. The number of rotatable bonds is 4. The van der Waals surface area contributed by atoms with Gasteiger partial charge in [0.1, 0.15) is 23.3 Å². The summed E-state index contributed by atoms with van der Waals surface area (Å²) in [4.78, 5) is 26.3. The smallest absolute Gasteiger partial charge is 0.266 e. The van der Waals surface area contributed by atoms with Gasteiger partial charge in [-0.05, 0) is 43.7 Å². The third-order valence-electron chi connectivity index (χ3n) is 5.00. The zero-order valence-electron chi connectivity index (χ0n) is 17.3. The van der Waals surface area contributed by atoms with E-state index in [0.29, 0.717) is 27.4 Å². The van der Waals surface area contributed by atoms with E-state index < -0.39 is 6.04 Å². The lowest BCUT2D eigenvalue weighted by Gasteiger charge is -2.21. The van der Waals surface area contributed by atoms with E-state index in [1.54, 1.807) is 37.3 Å². The summed E-state index contributed by atoms with van der Waals surface area (Å²) in [5.41, 5.74) is 13.4. The molecule has 0 bridgehead atoms. The molecule has 0 spiro atoms. The van der Waals surface area contributed by atoms with E-state index in [1.165, 1.54) is 4.57 Å². The molecule has 0 saturated heterocycles. The Morgan fingerprint density at radius 3 is 2.62 bits per heavy atom. The first-order valence-electron chi connectivity index (χ1n) is 9.68. The first kappa shape index (κ1) is 21.1. The van der Waals surface area contributed by atoms with Gasteiger partial charge in [0.2, 0.25) is 5.95 Å². The molecule has 4 rings (SSSR count). The van der Waals surface area contributed by atoms with Crippen molar-refractivity contribution in [2.45, 2.75) is 19.9 Å². The van der Waals surface area contributed by atoms with E-state index in [4.69, 9.17) is 28.1 Å². The second kappa shape index (κ2) is 8.17. The van der Waals surface area contributed by atoms with Crippen LogP contribution in [0.15, 0.2) is 47.3 Å². The van der Waals surface area contributed by atoms with Crippen LogP contribution in [0.5, 0.6) is 0 Å². The Labute approximate surface area is 188 Å². The maximum atomic E-state index is 13.5. The van der Waals surface area contributed by atoms with E-state index in [2.05, 4.69) is 15.3 Å². The maximum Gasteiger partial charge on any atom is 0.266 e. The van der Waals surface area contributed by atoms with Crippen molar-refractivity contribution in [3.05, 3.63) is 74.8 Å². The highest BCUT2D eigenvalue weighted by Crippen LogP contribution is 2.26. The molecule has 0 saturated carbocycles. The standard InChI is InChI=1S/C22H19ClN8O/c1-11-5-3-8-15-17(11)28-20(31(21(15)32)14-7-4-6-13(23)9-14)12(2)27-19-16(10-24)18(25)29-22(26)30-19/h3-9,12H,1-2H3,(H5,25,26,27,29,30). The number of fused-ring (bicyclic) bond motifs is 1. The highest BCUT2D eigenvalue weighted by atomic mass is 35.5. The average molecular weight is 447 g/mol. The summed E-state index contributed by atoms with van der Waals surface area (Å²) in [7, 11) is 0. The Bertz CT molecular complexity index is 1460. The lowest BCUT2D eigenvalue weighted by molar-refractivity contribution is 0.730. The minimum atomic E-state index is -0.563. The van der Waals surface area contributed by atoms with Crippen molar-refractivity contribution in [2.24, 2.45) is 0 Å². The molecule has 0 aliphatic rings. The molecular formula is C22H19ClN8O. The molecule has 9 nitrogen and oxygen atoms in total. The van der Waals surface area contributed by atoms with E-state index in [9.17, 15) is 10.1 Å². The number of nitrogens with one attached hydrogen (secondary N) is 1. The Balaban J connectivity index is 1.96. The number of para-hydroxylation sites is 1. The summed E-state index contributed by atoms with van der Waals surface area (Å²) in [6.07, 6.45) is 0. The number of hydrogen-bond donors (Lipinski definition) is 3. The number of nitrogen functional groups attached to an aromatic ring is 2. The predicted molar refractivity (Wildman–Crippen MR) is 125 cm³/mol. The van der Waals surface area contributed by atoms with Crippen LogP contribution in [0.4, 0.5) is 17.6 Å². The van der Waals surface area contributed by atoms with Crippen LogP contribution in [0.3, 0.4) is 0 Å². The lowest BCUT2D eigenvalue weighted by Crippen LogP contribution is -2.28. The molecule has 0 aliphatic carbocycles. The van der Waals surface area contributed by atoms with Crippen molar-refractivity contribution in [3.63, 3.8) is 0 Å². The van der Waals surface area contributed by atoms with Crippen molar-refractivity contribution >= 4 is 40.1 Å². The number of anilines is 3. The Morgan fingerprint density at radius 2 is 1.91 bits per heavy atom. The van der Waals surface area contributed by atoms with E-state index >= 15 is 0 Å². The SMILES string of the molecule is Cc1cccc2c(=O)n(-c3cccc(Cl)c3)c(C(C)Nc3nc(N)nc(N)c3C#N)nc12. The van der Waals surface area contributed by atoms with Gasteiger partial charge in [-0.25, -0.2) is 4.98 Å². The third-order valence-corrected chi connectivity index (χ3v) is 5.23. The maximum absolute atomic E-state index is 13.5. The second-order valence-electron chi connectivity index (χ2n) is 7.23. The van der Waals surface area contributed by atoms with Gasteiger partial charge in [0.05, 0.1) is 22.6 Å². The van der Waals surface area contributed by atoms with Crippen LogP contribution in [0, 0.1) is 18.3 Å². The van der Waals surface area contributed by atoms with Crippen molar-refractivity contribution in [2.75, 3.05) is 16.8 Å². The average Bonchev–Trinajstić information content (AvgIpc) is 2.74. The topological polar surface area (TPSA) is 149 Å². The fraction of sp³-hybridized carbons (Fsp3) is 0.136. The first-order valence-corrected chi connectivity index (χ1v) is 10.1. The second-order valence-corrected chi connectivity index (χ2v) is 7.67. The predicted octanol–water partition coefficient (Wildman–Crippen LogP) is 3.35. The molecule has 2 aromatic carbocycles. The summed E-state index contributed by atoms with van der Waals surface area (Å²) >= 11 is 6.19. The minimum absolute atomic E-state index is 0.0377. The summed E-state index contributed by atoms with van der Waals surface area (Å²) in [5, 5.41) is 13.5. The summed E-state index contributed by atoms with van der Waals surface area (Å²) in [6, 6.07) is 13.8. The molecule has 0 aliphatic heterocycles. The summed E-state index contributed by atoms with van der Waals surface area (Å²) < 4.78 is 1.49. The number of benzene rings is 2. The van der Waals surface area contributed by atoms with Gasteiger partial charge in [0, 0.05) is 5.02 Å². The van der Waals surface area contributed by atoms with Crippen molar-refractivity contribution in [3.8, 4) is 11.8 Å². The van der Waals surface area contributed by atoms with Gasteiger partial charge in [-0.3, -0.25) is 9.36 Å². The van der Waals surface area contributed by atoms with E-state index in [1.807, 2.05) is 25.1 Å². The summed E-state index contributed by atoms with van der Waals surface area (Å²) in [5.74, 6) is 0.440. The monoisotopic (exact) mass is 446 g/mol. The molecule has 32 heavy (non-hydrogen) atoms. The van der Waals surface area contributed by atoms with Gasteiger partial charge in [0.25, 0.3) is 5.56 Å². The molecule has 0 fully saturated rings. The van der Waals surface area contributed by atoms with Crippen molar-refractivity contribution < 1.29 is 0 Å². The molecule has 1 atom stereocenters. The molecule has 5 N–H and O–H groups in total. The fourth-order valence-electron chi connectivity index (χ4n) is 3.50. The lowest BCUT2D eigenvalue weighted by atomic mass is 10.1. The molecule has 2 heterocycles. The Morgan fingerprint density at radius 1 is 1.16 bits per heavy atom. The number of nitrogens with two attached hydrogens (primary N) is 2. The Kier molecular flexibility index (Phi) is 5.38. The summed E-state index contributed by atoms with van der Waals surface area (Å²) in [6.45, 7) is 3.68. The molecule has 4 aromatic rings. The number of nitriles is 1. The van der Waals surface area contributed by atoms with Crippen LogP contribution in [0.2, 0.25) is 5.02 Å². The highest BCUT2D eigenvalue weighted by molar-refractivity contribution is 6.30. The van der Waals surface area contributed by atoms with E-state index in [0.717, 1.165) is 5.56 Å². The van der Waals surface area contributed by atoms with Crippen LogP contribution in [-0.2, 0) is 0 Å². The number of aromatic nitrogens is 4. The molecule has 10 heteroatoms. The van der Waals surface area contributed by atoms with Crippen LogP contribution in [0.25, 0.3) is 16.6 Å². The fourth-order valence-corrected chi connectivity index (χ4v) is 3.69. The number of aryl methyl sites for hydroxylation is 1. The minimum Gasteiger partial charge on any atom is -0.382 e. The van der Waals surface area contributed by atoms with Gasteiger partial charge in [-0.15, -0.1) is 0 Å². The van der Waals surface area contributed by atoms with Crippen molar-refractivity contribution in [1.29, 1.82) is 5.26 Å². The largest absolute Gasteiger partial charge is 0.382 e. The molecule has 0 radical (unpaired) electrons. The highest BCUT2D eigenvalue weighted by Gasteiger charge is 2.21. The Hall–Kier alpha value is -4.16. The quantitative estimate of drug-likeness (QED) is 0.432. The van der Waals surface area contributed by atoms with Crippen LogP contribution in [-0.4, -0.2) is 19.5 Å². The molecule has 160 valence electrons. The van der Waals surface area contributed by atoms with Crippen molar-refractivity contribution in [1.82, 2.24) is 19.5 Å². The molecule has 2 aromatic heterocycles. The molecule has 1 unspecified atom stereocenters. The number of nitrogens with zero attached hydrogens (tertiary/aromatic N) is 5. The number of hydrogen-bond acceptors (Lipinski definition) is 8. The zero-order chi connectivity index (χ0) is 23.0.